The molecule has 7 heteroatoms. The van der Waals surface area contributed by atoms with E-state index in [1.807, 2.05) is 17.0 Å². The summed E-state index contributed by atoms with van der Waals surface area (Å²) in [6, 6.07) is 7.22. The van der Waals surface area contributed by atoms with Gasteiger partial charge in [-0.1, -0.05) is 30.7 Å². The quantitative estimate of drug-likeness (QED) is 0.641. The van der Waals surface area contributed by atoms with Crippen LogP contribution < -0.4 is 5.46 Å². The van der Waals surface area contributed by atoms with Gasteiger partial charge in [-0.25, -0.2) is 14.8 Å². The number of hydrogen-bond donors (Lipinski definition) is 2. The zero-order valence-corrected chi connectivity index (χ0v) is 17.0. The number of rotatable bonds is 9. The lowest BCUT2D eigenvalue weighted by Crippen LogP contribution is -2.39. The van der Waals surface area contributed by atoms with Crippen molar-refractivity contribution in [3.63, 3.8) is 0 Å². The monoisotopic (exact) mass is 381 g/mol. The Bertz CT molecular complexity index is 587. The van der Waals surface area contributed by atoms with Crippen molar-refractivity contribution in [3.05, 3.63) is 29.8 Å². The van der Waals surface area contributed by atoms with Gasteiger partial charge in [-0.2, -0.15) is 0 Å². The lowest BCUT2D eigenvalue weighted by atomic mass is 9.79. The fourth-order valence-corrected chi connectivity index (χ4v) is 3.47. The maximum atomic E-state index is 12.5. The van der Waals surface area contributed by atoms with Crippen LogP contribution in [-0.2, 0) is 11.2 Å². The van der Waals surface area contributed by atoms with Gasteiger partial charge >= 0.3 is 13.2 Å². The van der Waals surface area contributed by atoms with Gasteiger partial charge in [0.15, 0.2) is 0 Å². The summed E-state index contributed by atoms with van der Waals surface area (Å²) in [6.45, 7) is 1.82. The van der Waals surface area contributed by atoms with E-state index in [-0.39, 0.29) is 6.09 Å². The lowest BCUT2D eigenvalue weighted by Gasteiger charge is -2.32. The Morgan fingerprint density at radius 2 is 2.04 bits per heavy atom. The highest BCUT2D eigenvalue weighted by atomic mass is 32.3. The number of ether oxygens (including phenoxy) is 1. The number of amides is 1. The van der Waals surface area contributed by atoms with Gasteiger partial charge in [-0.3, -0.25) is 0 Å². The smallest absolute Gasteiger partial charge is 0.449 e. The van der Waals surface area contributed by atoms with Crippen LogP contribution in [-0.4, -0.2) is 72.4 Å². The molecule has 0 atom stereocenters. The van der Waals surface area contributed by atoms with E-state index in [0.29, 0.717) is 31.0 Å². The average Bonchev–Trinajstić information content (AvgIpc) is 2.52. The van der Waals surface area contributed by atoms with Crippen LogP contribution in [0.1, 0.15) is 24.8 Å². The van der Waals surface area contributed by atoms with E-state index >= 15 is 0 Å². The summed E-state index contributed by atoms with van der Waals surface area (Å²) >= 11 is 0. The van der Waals surface area contributed by atoms with Gasteiger partial charge in [0.25, 0.3) is 0 Å². The second kappa shape index (κ2) is 9.67. The molecule has 26 heavy (non-hydrogen) atoms. The van der Waals surface area contributed by atoms with Gasteiger partial charge in [0.2, 0.25) is 0 Å². The zero-order valence-electron chi connectivity index (χ0n) is 16.2. The largest absolute Gasteiger partial charge is 0.488 e. The third-order valence-electron chi connectivity index (χ3n) is 4.80. The minimum atomic E-state index is -1.47. The maximum absolute atomic E-state index is 12.5. The molecular weight excluding hydrogens is 349 g/mol. The molecule has 1 saturated carbocycles. The highest BCUT2D eigenvalue weighted by Gasteiger charge is 2.24. The van der Waals surface area contributed by atoms with Crippen molar-refractivity contribution in [2.45, 2.75) is 25.7 Å². The first-order valence-corrected chi connectivity index (χ1v) is 12.3. The Hall–Kier alpha value is -1.18. The third kappa shape index (κ3) is 7.21. The number of hydrogen-bond acceptors (Lipinski definition) is 4. The standard InChI is InChI=1S/C19H32BNO4S/c1-26(2,3)13-12-25-19(22)21(15-17-7-4-8-17)11-10-16-6-5-9-18(14-16)20(23)24/h5-6,9,14,17,23-24H,4,7-8,10-13,15H2,1-3H3. The molecule has 0 aliphatic heterocycles. The summed E-state index contributed by atoms with van der Waals surface area (Å²) in [7, 11) is -2.14. The van der Waals surface area contributed by atoms with E-state index in [4.69, 9.17) is 4.74 Å². The van der Waals surface area contributed by atoms with Gasteiger partial charge in [-0.15, -0.1) is 0 Å². The van der Waals surface area contributed by atoms with Crippen LogP contribution in [0.25, 0.3) is 0 Å². The zero-order chi connectivity index (χ0) is 19.2. The molecule has 1 aliphatic carbocycles. The van der Waals surface area contributed by atoms with E-state index in [9.17, 15) is 14.8 Å². The fraction of sp³-hybridized carbons (Fsp3) is 0.632. The van der Waals surface area contributed by atoms with E-state index in [0.717, 1.165) is 17.9 Å². The molecular formula is C19H32BNO4S. The second-order valence-electron chi connectivity index (χ2n) is 8.02. The van der Waals surface area contributed by atoms with Crippen LogP contribution in [0.15, 0.2) is 24.3 Å². The number of nitrogens with zero attached hydrogens (tertiary/aromatic N) is 1. The molecule has 0 aromatic heterocycles. The van der Waals surface area contributed by atoms with Gasteiger partial charge in [0.1, 0.15) is 6.61 Å². The summed E-state index contributed by atoms with van der Waals surface area (Å²) in [6.07, 6.45) is 10.7. The Kier molecular flexibility index (Phi) is 7.86. The molecule has 0 saturated heterocycles. The van der Waals surface area contributed by atoms with E-state index in [1.165, 1.54) is 19.3 Å². The van der Waals surface area contributed by atoms with Crippen molar-refractivity contribution < 1.29 is 19.6 Å². The van der Waals surface area contributed by atoms with Crippen molar-refractivity contribution in [2.75, 3.05) is 44.2 Å². The molecule has 2 rings (SSSR count). The lowest BCUT2D eigenvalue weighted by molar-refractivity contribution is 0.0936. The molecule has 0 spiro atoms. The predicted molar refractivity (Wildman–Crippen MR) is 110 cm³/mol. The minimum Gasteiger partial charge on any atom is -0.449 e. The van der Waals surface area contributed by atoms with E-state index in [2.05, 4.69) is 18.8 Å². The normalized spacial score (nSPS) is 15.3. The van der Waals surface area contributed by atoms with E-state index < -0.39 is 17.1 Å². The van der Waals surface area contributed by atoms with Crippen LogP contribution in [0, 0.1) is 5.92 Å². The molecule has 146 valence electrons. The molecule has 0 bridgehead atoms. The van der Waals surface area contributed by atoms with Gasteiger partial charge in [0.05, 0.1) is 0 Å². The Balaban J connectivity index is 1.91. The van der Waals surface area contributed by atoms with Crippen LogP contribution in [0.2, 0.25) is 0 Å². The highest BCUT2D eigenvalue weighted by molar-refractivity contribution is 8.32. The summed E-state index contributed by atoms with van der Waals surface area (Å²) in [5.41, 5.74) is 1.46. The SMILES string of the molecule is CS(C)(C)CCOC(=O)N(CCc1cccc(B(O)O)c1)CC1CCC1. The molecule has 2 N–H and O–H groups in total. The molecule has 1 aromatic carbocycles. The van der Waals surface area contributed by atoms with Crippen LogP contribution in [0.3, 0.4) is 0 Å². The summed E-state index contributed by atoms with van der Waals surface area (Å²) in [4.78, 5) is 14.4. The van der Waals surface area contributed by atoms with Crippen molar-refractivity contribution in [2.24, 2.45) is 5.92 Å². The maximum Gasteiger partial charge on any atom is 0.488 e. The van der Waals surface area contributed by atoms with Gasteiger partial charge in [0, 0.05) is 18.8 Å². The molecule has 0 heterocycles. The molecule has 1 fully saturated rings. The predicted octanol–water partition coefficient (Wildman–Crippen LogP) is 1.84. The van der Waals surface area contributed by atoms with Crippen LogP contribution >= 0.6 is 10.0 Å². The molecule has 0 radical (unpaired) electrons. The van der Waals surface area contributed by atoms with Crippen molar-refractivity contribution in [3.8, 4) is 0 Å². The summed E-state index contributed by atoms with van der Waals surface area (Å²) in [5.74, 6) is 1.51. The van der Waals surface area contributed by atoms with Gasteiger partial charge < -0.3 is 19.7 Å². The summed E-state index contributed by atoms with van der Waals surface area (Å²) < 4.78 is 5.53. The second-order valence-corrected chi connectivity index (χ2v) is 12.6. The molecule has 1 aromatic rings. The highest BCUT2D eigenvalue weighted by Crippen LogP contribution is 2.33. The fourth-order valence-electron chi connectivity index (χ4n) is 2.89. The number of carbonyl (C=O) groups is 1. The molecule has 0 unspecified atom stereocenters. The third-order valence-corrected chi connectivity index (χ3v) is 6.19. The van der Waals surface area contributed by atoms with Crippen molar-refractivity contribution >= 4 is 28.7 Å². The minimum absolute atomic E-state index is 0.223. The first kappa shape index (κ1) is 21.1. The Morgan fingerprint density at radius 3 is 2.62 bits per heavy atom. The molecule has 5 nitrogen and oxygen atoms in total. The van der Waals surface area contributed by atoms with Crippen molar-refractivity contribution in [1.29, 1.82) is 0 Å². The van der Waals surface area contributed by atoms with Crippen LogP contribution in [0.5, 0.6) is 0 Å². The molecule has 1 aliphatic rings. The van der Waals surface area contributed by atoms with E-state index in [1.54, 1.807) is 12.1 Å². The number of carbonyl (C=O) groups excluding carboxylic acids is 1. The Labute approximate surface area is 159 Å². The topological polar surface area (TPSA) is 70.0 Å². The first-order valence-electron chi connectivity index (χ1n) is 9.27. The number of benzene rings is 1. The molecule has 1 amide bonds. The van der Waals surface area contributed by atoms with Gasteiger partial charge in [-0.05, 0) is 55.0 Å². The average molecular weight is 381 g/mol. The van der Waals surface area contributed by atoms with Crippen LogP contribution in [0.4, 0.5) is 4.79 Å². The van der Waals surface area contributed by atoms with Crippen molar-refractivity contribution in [1.82, 2.24) is 4.90 Å². The first-order chi connectivity index (χ1) is 12.2. The Morgan fingerprint density at radius 1 is 1.31 bits per heavy atom. The summed E-state index contributed by atoms with van der Waals surface area (Å²) in [5, 5.41) is 18.6.